The minimum Gasteiger partial charge on any atom is -0.459 e. The van der Waals surface area contributed by atoms with Crippen molar-refractivity contribution in [2.45, 2.75) is 86.0 Å². The number of nitrogens with zero attached hydrogens (tertiary/aromatic N) is 4. The molecule has 0 aliphatic rings. The molecule has 2 heterocycles. The second-order valence-corrected chi connectivity index (χ2v) is 10.2. The van der Waals surface area contributed by atoms with E-state index < -0.39 is 0 Å². The molecule has 5 heteroatoms. The number of rotatable bonds is 17. The summed E-state index contributed by atoms with van der Waals surface area (Å²) in [4.78, 5) is 9.82. The van der Waals surface area contributed by atoms with Crippen LogP contribution in [0.4, 0.5) is 0 Å². The second kappa shape index (κ2) is 16.4. The van der Waals surface area contributed by atoms with Crippen molar-refractivity contribution in [3.63, 3.8) is 0 Å². The summed E-state index contributed by atoms with van der Waals surface area (Å²) in [6.45, 7) is 25.0. The van der Waals surface area contributed by atoms with Gasteiger partial charge in [0.15, 0.2) is 0 Å². The van der Waals surface area contributed by atoms with Gasteiger partial charge in [-0.25, -0.2) is 9.98 Å². The molecule has 39 heavy (non-hydrogen) atoms. The van der Waals surface area contributed by atoms with Crippen LogP contribution >= 0.6 is 0 Å². The Labute approximate surface area is 236 Å². The molecule has 1 unspecified atom stereocenters. The normalized spacial score (nSPS) is 13.7. The molecule has 0 aliphatic heterocycles. The van der Waals surface area contributed by atoms with Gasteiger partial charge in [0.2, 0.25) is 5.78 Å². The van der Waals surface area contributed by atoms with Crippen LogP contribution in [-0.4, -0.2) is 20.2 Å². The van der Waals surface area contributed by atoms with Gasteiger partial charge >= 0.3 is 0 Å². The Hall–Kier alpha value is -3.60. The molecule has 2 aromatic heterocycles. The molecule has 0 radical (unpaired) electrons. The molecule has 2 rings (SSSR count). The number of aromatic nitrogens is 3. The van der Waals surface area contributed by atoms with Crippen LogP contribution in [0.2, 0.25) is 0 Å². The van der Waals surface area contributed by atoms with Crippen LogP contribution in [0.3, 0.4) is 0 Å². The van der Waals surface area contributed by atoms with Crippen molar-refractivity contribution in [3.8, 4) is 0 Å². The highest BCUT2D eigenvalue weighted by molar-refractivity contribution is 5.77. The van der Waals surface area contributed by atoms with Gasteiger partial charge in [-0.3, -0.25) is 8.97 Å². The van der Waals surface area contributed by atoms with E-state index in [1.807, 2.05) is 43.4 Å². The third kappa shape index (κ3) is 9.27. The molecule has 0 fully saturated rings. The number of aliphatic imine (C=N–C) groups is 1. The monoisotopic (exact) mass is 528 g/mol. The first-order chi connectivity index (χ1) is 18.8. The first-order valence-corrected chi connectivity index (χ1v) is 14.3. The van der Waals surface area contributed by atoms with E-state index in [1.165, 1.54) is 24.2 Å². The summed E-state index contributed by atoms with van der Waals surface area (Å²) in [5, 5.41) is 0. The molecular weight excluding hydrogens is 480 g/mol. The van der Waals surface area contributed by atoms with Crippen molar-refractivity contribution in [2.24, 2.45) is 10.9 Å². The second-order valence-electron chi connectivity index (χ2n) is 10.2. The minimum absolute atomic E-state index is 0.400. The lowest BCUT2D eigenvalue weighted by Crippen LogP contribution is -2.02. The van der Waals surface area contributed by atoms with Crippen LogP contribution < -0.4 is 0 Å². The summed E-state index contributed by atoms with van der Waals surface area (Å²) in [5.41, 5.74) is 3.39. The average Bonchev–Trinajstić information content (AvgIpc) is 3.43. The van der Waals surface area contributed by atoms with Gasteiger partial charge in [-0.05, 0) is 56.4 Å². The maximum atomic E-state index is 5.81. The molecule has 0 aliphatic carbocycles. The van der Waals surface area contributed by atoms with E-state index in [-0.39, 0.29) is 0 Å². The fraction of sp³-hybridized carbons (Fsp3) is 0.412. The highest BCUT2D eigenvalue weighted by atomic mass is 16.5. The maximum absolute atomic E-state index is 5.81. The van der Waals surface area contributed by atoms with Gasteiger partial charge in [-0.2, -0.15) is 0 Å². The molecule has 0 amide bonds. The van der Waals surface area contributed by atoms with E-state index in [1.54, 1.807) is 12.3 Å². The molecule has 0 aromatic carbocycles. The van der Waals surface area contributed by atoms with Crippen molar-refractivity contribution >= 4 is 23.9 Å². The van der Waals surface area contributed by atoms with Gasteiger partial charge in [0.25, 0.3) is 0 Å². The molecule has 210 valence electrons. The van der Waals surface area contributed by atoms with E-state index in [9.17, 15) is 0 Å². The lowest BCUT2D eigenvalue weighted by atomic mass is 9.98. The van der Waals surface area contributed by atoms with Crippen molar-refractivity contribution in [1.82, 2.24) is 14.0 Å². The van der Waals surface area contributed by atoms with Gasteiger partial charge < -0.3 is 4.74 Å². The van der Waals surface area contributed by atoms with Crippen molar-refractivity contribution < 1.29 is 4.74 Å². The number of hydrogen-bond donors (Lipinski definition) is 0. The van der Waals surface area contributed by atoms with Gasteiger partial charge in [-0.1, -0.05) is 97.9 Å². The molecule has 2 aromatic rings. The van der Waals surface area contributed by atoms with Crippen molar-refractivity contribution in [3.05, 3.63) is 97.1 Å². The van der Waals surface area contributed by atoms with Crippen LogP contribution in [0.15, 0.2) is 85.0 Å². The van der Waals surface area contributed by atoms with E-state index in [0.717, 1.165) is 43.0 Å². The predicted octanol–water partition coefficient (Wildman–Crippen LogP) is 9.67. The average molecular weight is 529 g/mol. The lowest BCUT2D eigenvalue weighted by Gasteiger charge is -2.11. The van der Waals surface area contributed by atoms with Crippen LogP contribution in [0, 0.1) is 5.92 Å². The van der Waals surface area contributed by atoms with Gasteiger partial charge in [0, 0.05) is 24.0 Å². The third-order valence-corrected chi connectivity index (χ3v) is 6.32. The van der Waals surface area contributed by atoms with Crippen molar-refractivity contribution in [1.29, 1.82) is 0 Å². The Morgan fingerprint density at radius 3 is 2.49 bits per heavy atom. The van der Waals surface area contributed by atoms with E-state index in [2.05, 4.69) is 80.6 Å². The zero-order valence-electron chi connectivity index (χ0n) is 25.0. The van der Waals surface area contributed by atoms with Crippen LogP contribution in [0.1, 0.15) is 96.6 Å². The van der Waals surface area contributed by atoms with Crippen LogP contribution in [0.5, 0.6) is 0 Å². The largest absolute Gasteiger partial charge is 0.459 e. The Morgan fingerprint density at radius 2 is 1.85 bits per heavy atom. The number of unbranched alkanes of at least 4 members (excludes halogenated alkanes) is 1. The van der Waals surface area contributed by atoms with Gasteiger partial charge in [0.1, 0.15) is 17.3 Å². The maximum Gasteiger partial charge on any atom is 0.220 e. The van der Waals surface area contributed by atoms with E-state index in [0.29, 0.717) is 23.4 Å². The summed E-state index contributed by atoms with van der Waals surface area (Å²) in [6, 6.07) is 0. The fourth-order valence-electron chi connectivity index (χ4n) is 4.35. The minimum atomic E-state index is 0.400. The standard InChI is InChI=1S/C34H48N4O/c1-10-14-20-27(7)33-31(18-11-2)37-25-30(38(34(37)36-33)32(13-4)35-24-12-3)23-22-29(9)39-28(8)21-17-15-16-19-26(5)6/h12-13,15-17,21-27H,3,8-11,14,18-20H2,1-2,4-7H3/b16-15-,21-17-,23-22-,32-13+,35-24-. The number of aryl methyl sites for hydroxylation is 1. The number of hydrogen-bond acceptors (Lipinski definition) is 3. The molecule has 0 spiro atoms. The third-order valence-electron chi connectivity index (χ3n) is 6.32. The molecule has 1 atom stereocenters. The zero-order valence-corrected chi connectivity index (χ0v) is 25.0. The highest BCUT2D eigenvalue weighted by Gasteiger charge is 2.22. The fourth-order valence-corrected chi connectivity index (χ4v) is 4.35. The topological polar surface area (TPSA) is 43.8 Å². The molecule has 5 nitrogen and oxygen atoms in total. The van der Waals surface area contributed by atoms with Gasteiger partial charge in [-0.15, -0.1) is 0 Å². The number of ether oxygens (including phenoxy) is 1. The SMILES string of the molecule is C=C/C=N\C(=C/C)n1c(/C=C\C(=C)OC(=C)/C=C\C=C/CC(C)C)cn2c(CCC)c(C(C)CCCC)nc12. The summed E-state index contributed by atoms with van der Waals surface area (Å²) < 4.78 is 10.1. The predicted molar refractivity (Wildman–Crippen MR) is 170 cm³/mol. The summed E-state index contributed by atoms with van der Waals surface area (Å²) >= 11 is 0. The Bertz CT molecular complexity index is 1260. The lowest BCUT2D eigenvalue weighted by molar-refractivity contribution is 0.340. The number of imidazole rings is 2. The first-order valence-electron chi connectivity index (χ1n) is 14.3. The molecule has 0 N–H and O–H groups in total. The van der Waals surface area contributed by atoms with E-state index >= 15 is 0 Å². The van der Waals surface area contributed by atoms with Crippen LogP contribution in [-0.2, 0) is 11.2 Å². The first kappa shape index (κ1) is 31.6. The molecule has 0 bridgehead atoms. The summed E-state index contributed by atoms with van der Waals surface area (Å²) in [5.74, 6) is 3.71. The van der Waals surface area contributed by atoms with E-state index in [4.69, 9.17) is 9.72 Å². The van der Waals surface area contributed by atoms with Crippen molar-refractivity contribution in [2.75, 3.05) is 0 Å². The summed E-state index contributed by atoms with van der Waals surface area (Å²) in [7, 11) is 0. The number of allylic oxidation sites excluding steroid dienone is 7. The smallest absolute Gasteiger partial charge is 0.220 e. The Balaban J connectivity index is 2.43. The van der Waals surface area contributed by atoms with Crippen LogP contribution in [0.25, 0.3) is 17.7 Å². The molecular formula is C34H48N4O. The summed E-state index contributed by atoms with van der Waals surface area (Å²) in [6.07, 6.45) is 25.9. The van der Waals surface area contributed by atoms with Gasteiger partial charge in [0.05, 0.1) is 11.4 Å². The Morgan fingerprint density at radius 1 is 1.10 bits per heavy atom. The quantitative estimate of drug-likeness (QED) is 0.116. The molecule has 0 saturated heterocycles. The zero-order chi connectivity index (χ0) is 28.8. The molecule has 0 saturated carbocycles. The Kier molecular flexibility index (Phi) is 13.3. The highest BCUT2D eigenvalue weighted by Crippen LogP contribution is 2.30. The number of fused-ring (bicyclic) bond motifs is 1.